The van der Waals surface area contributed by atoms with Crippen LogP contribution in [-0.2, 0) is 11.3 Å². The molecule has 1 heterocycles. The second kappa shape index (κ2) is 9.67. The molecule has 7 nitrogen and oxygen atoms in total. The first kappa shape index (κ1) is 20.3. The summed E-state index contributed by atoms with van der Waals surface area (Å²) in [5, 5.41) is 5.63. The molecule has 1 aliphatic rings. The van der Waals surface area contributed by atoms with Gasteiger partial charge in [-0.3, -0.25) is 9.59 Å². The lowest BCUT2D eigenvalue weighted by Crippen LogP contribution is -2.23. The van der Waals surface area contributed by atoms with E-state index in [1.807, 2.05) is 30.3 Å². The highest BCUT2D eigenvalue weighted by Gasteiger charge is 2.13. The Morgan fingerprint density at radius 1 is 0.871 bits per heavy atom. The molecule has 4 rings (SSSR count). The second-order valence-corrected chi connectivity index (χ2v) is 6.89. The first-order valence-electron chi connectivity index (χ1n) is 9.92. The maximum atomic E-state index is 12.4. The molecule has 7 heteroatoms. The van der Waals surface area contributed by atoms with Crippen molar-refractivity contribution >= 4 is 17.5 Å². The van der Waals surface area contributed by atoms with Crippen LogP contribution < -0.4 is 24.8 Å². The molecule has 2 amide bonds. The molecule has 31 heavy (non-hydrogen) atoms. The van der Waals surface area contributed by atoms with Crippen LogP contribution in [0.4, 0.5) is 5.69 Å². The molecule has 0 unspecified atom stereocenters. The Labute approximate surface area is 179 Å². The van der Waals surface area contributed by atoms with E-state index in [4.69, 9.17) is 14.2 Å². The number of nitrogens with one attached hydrogen (secondary N) is 2. The maximum Gasteiger partial charge on any atom is 0.262 e. The molecular weight excluding hydrogens is 396 g/mol. The van der Waals surface area contributed by atoms with Gasteiger partial charge in [0.05, 0.1) is 0 Å². The Morgan fingerprint density at radius 2 is 1.68 bits per heavy atom. The minimum absolute atomic E-state index is 0.191. The van der Waals surface area contributed by atoms with Crippen LogP contribution in [-0.4, -0.2) is 31.6 Å². The van der Waals surface area contributed by atoms with E-state index >= 15 is 0 Å². The number of hydrogen-bond acceptors (Lipinski definition) is 5. The summed E-state index contributed by atoms with van der Waals surface area (Å²) in [7, 11) is 0. The lowest BCUT2D eigenvalue weighted by molar-refractivity contribution is -0.118. The predicted octanol–water partition coefficient (Wildman–Crippen LogP) is 3.41. The number of amides is 2. The zero-order valence-corrected chi connectivity index (χ0v) is 16.8. The van der Waals surface area contributed by atoms with Gasteiger partial charge in [0.1, 0.15) is 19.0 Å². The van der Waals surface area contributed by atoms with Gasteiger partial charge in [-0.25, -0.2) is 0 Å². The Morgan fingerprint density at radius 3 is 2.52 bits per heavy atom. The van der Waals surface area contributed by atoms with Gasteiger partial charge in [-0.15, -0.1) is 0 Å². The third-order valence-electron chi connectivity index (χ3n) is 4.59. The van der Waals surface area contributed by atoms with Crippen molar-refractivity contribution in [3.63, 3.8) is 0 Å². The molecule has 3 aromatic carbocycles. The second-order valence-electron chi connectivity index (χ2n) is 6.89. The van der Waals surface area contributed by atoms with Crippen molar-refractivity contribution in [2.45, 2.75) is 6.54 Å². The number of carbonyl (C=O) groups is 2. The summed E-state index contributed by atoms with van der Waals surface area (Å²) in [6.07, 6.45) is 0. The molecule has 0 fully saturated rings. The average molecular weight is 418 g/mol. The van der Waals surface area contributed by atoms with Gasteiger partial charge in [0.25, 0.3) is 11.8 Å². The van der Waals surface area contributed by atoms with Crippen molar-refractivity contribution in [1.82, 2.24) is 5.32 Å². The molecule has 0 saturated carbocycles. The van der Waals surface area contributed by atoms with Crippen LogP contribution in [0.15, 0.2) is 72.8 Å². The van der Waals surface area contributed by atoms with Crippen LogP contribution in [0.25, 0.3) is 0 Å². The number of carbonyl (C=O) groups excluding carboxylic acids is 2. The average Bonchev–Trinajstić information content (AvgIpc) is 2.82. The van der Waals surface area contributed by atoms with E-state index in [0.717, 1.165) is 5.56 Å². The Bertz CT molecular complexity index is 1070. The van der Waals surface area contributed by atoms with E-state index in [1.54, 1.807) is 42.5 Å². The minimum atomic E-state index is -0.324. The zero-order valence-electron chi connectivity index (χ0n) is 16.8. The first-order valence-corrected chi connectivity index (χ1v) is 9.92. The molecule has 0 aliphatic carbocycles. The highest BCUT2D eigenvalue weighted by Crippen LogP contribution is 2.32. The quantitative estimate of drug-likeness (QED) is 0.614. The number of anilines is 1. The van der Waals surface area contributed by atoms with E-state index in [1.165, 1.54) is 0 Å². The van der Waals surface area contributed by atoms with Crippen LogP contribution in [0.3, 0.4) is 0 Å². The fourth-order valence-corrected chi connectivity index (χ4v) is 3.07. The van der Waals surface area contributed by atoms with Gasteiger partial charge in [-0.1, -0.05) is 36.4 Å². The molecule has 0 aromatic heterocycles. The standard InChI is InChI=1S/C24H22N2O5/c27-23(26-19-9-10-21-22(14-19)30-12-11-29-21)16-31-20-8-4-7-18(13-20)24(28)25-15-17-5-2-1-3-6-17/h1-10,13-14H,11-12,15-16H2,(H,25,28)(H,26,27). The van der Waals surface area contributed by atoms with Gasteiger partial charge in [0.2, 0.25) is 0 Å². The molecule has 0 spiro atoms. The Balaban J connectivity index is 1.29. The molecule has 2 N–H and O–H groups in total. The predicted molar refractivity (Wildman–Crippen MR) is 116 cm³/mol. The summed E-state index contributed by atoms with van der Waals surface area (Å²) >= 11 is 0. The van der Waals surface area contributed by atoms with Gasteiger partial charge in [0.15, 0.2) is 18.1 Å². The molecule has 1 aliphatic heterocycles. The van der Waals surface area contributed by atoms with Crippen LogP contribution in [0, 0.1) is 0 Å². The van der Waals surface area contributed by atoms with Gasteiger partial charge in [0, 0.05) is 23.9 Å². The summed E-state index contributed by atoms with van der Waals surface area (Å²) in [6.45, 7) is 1.23. The lowest BCUT2D eigenvalue weighted by atomic mass is 10.2. The maximum absolute atomic E-state index is 12.4. The summed E-state index contributed by atoms with van der Waals surface area (Å²) in [5.74, 6) is 1.15. The normalized spacial score (nSPS) is 12.0. The number of benzene rings is 3. The zero-order chi connectivity index (χ0) is 21.5. The van der Waals surface area contributed by atoms with Crippen molar-refractivity contribution in [2.24, 2.45) is 0 Å². The monoisotopic (exact) mass is 418 g/mol. The molecule has 3 aromatic rings. The van der Waals surface area contributed by atoms with Crippen LogP contribution in [0.5, 0.6) is 17.2 Å². The number of fused-ring (bicyclic) bond motifs is 1. The summed E-state index contributed by atoms with van der Waals surface area (Å²) in [6, 6.07) is 21.6. The largest absolute Gasteiger partial charge is 0.486 e. The van der Waals surface area contributed by atoms with E-state index in [2.05, 4.69) is 10.6 Å². The van der Waals surface area contributed by atoms with E-state index in [-0.39, 0.29) is 18.4 Å². The van der Waals surface area contributed by atoms with E-state index in [0.29, 0.717) is 48.3 Å². The van der Waals surface area contributed by atoms with Gasteiger partial charge in [-0.2, -0.15) is 0 Å². The molecule has 0 saturated heterocycles. The molecule has 0 bridgehead atoms. The van der Waals surface area contributed by atoms with Crippen LogP contribution >= 0.6 is 0 Å². The topological polar surface area (TPSA) is 85.9 Å². The third-order valence-corrected chi connectivity index (χ3v) is 4.59. The molecular formula is C24H22N2O5. The summed E-state index contributed by atoms with van der Waals surface area (Å²) < 4.78 is 16.5. The van der Waals surface area contributed by atoms with Crippen molar-refractivity contribution in [2.75, 3.05) is 25.1 Å². The van der Waals surface area contributed by atoms with E-state index < -0.39 is 0 Å². The number of ether oxygens (including phenoxy) is 3. The van der Waals surface area contributed by atoms with Crippen LogP contribution in [0.1, 0.15) is 15.9 Å². The Kier molecular flexibility index (Phi) is 6.32. The Hall–Kier alpha value is -4.00. The number of rotatable bonds is 7. The molecule has 0 radical (unpaired) electrons. The fourth-order valence-electron chi connectivity index (χ4n) is 3.07. The summed E-state index contributed by atoms with van der Waals surface area (Å²) in [4.78, 5) is 24.6. The first-order chi connectivity index (χ1) is 15.2. The van der Waals surface area contributed by atoms with Gasteiger partial charge < -0.3 is 24.8 Å². The van der Waals surface area contributed by atoms with Gasteiger partial charge >= 0.3 is 0 Å². The molecule has 0 atom stereocenters. The van der Waals surface area contributed by atoms with Crippen molar-refractivity contribution < 1.29 is 23.8 Å². The van der Waals surface area contributed by atoms with Crippen molar-refractivity contribution in [3.8, 4) is 17.2 Å². The van der Waals surface area contributed by atoms with Crippen molar-refractivity contribution in [3.05, 3.63) is 83.9 Å². The van der Waals surface area contributed by atoms with Gasteiger partial charge in [-0.05, 0) is 35.9 Å². The lowest BCUT2D eigenvalue weighted by Gasteiger charge is -2.19. The minimum Gasteiger partial charge on any atom is -0.486 e. The van der Waals surface area contributed by atoms with Crippen LogP contribution in [0.2, 0.25) is 0 Å². The fraction of sp³-hybridized carbons (Fsp3) is 0.167. The third kappa shape index (κ3) is 5.54. The van der Waals surface area contributed by atoms with Crippen molar-refractivity contribution in [1.29, 1.82) is 0 Å². The highest BCUT2D eigenvalue weighted by atomic mass is 16.6. The number of hydrogen-bond donors (Lipinski definition) is 2. The smallest absolute Gasteiger partial charge is 0.262 e. The highest BCUT2D eigenvalue weighted by molar-refractivity contribution is 5.94. The van der Waals surface area contributed by atoms with E-state index in [9.17, 15) is 9.59 Å². The SMILES string of the molecule is O=C(COc1cccc(C(=O)NCc2ccccc2)c1)Nc1ccc2c(c1)OCCO2. The molecule has 158 valence electrons. The summed E-state index contributed by atoms with van der Waals surface area (Å²) in [5.41, 5.74) is 2.06.